The summed E-state index contributed by atoms with van der Waals surface area (Å²) in [5.74, 6) is 1.86. The first-order valence-electron chi connectivity index (χ1n) is 6.55. The topological polar surface area (TPSA) is 43.6 Å². The molecule has 0 unspecified atom stereocenters. The number of aromatic nitrogens is 4. The first kappa shape index (κ1) is 11.9. The van der Waals surface area contributed by atoms with Crippen LogP contribution in [0.25, 0.3) is 0 Å². The molecule has 0 radical (unpaired) electrons. The van der Waals surface area contributed by atoms with Gasteiger partial charge in [0.1, 0.15) is 5.82 Å². The molecular weight excluding hydrogens is 324 g/mol. The van der Waals surface area contributed by atoms with Crippen LogP contribution in [0.1, 0.15) is 43.5 Å². The van der Waals surface area contributed by atoms with Crippen molar-refractivity contribution in [3.8, 4) is 0 Å². The minimum absolute atomic E-state index is 0.633. The van der Waals surface area contributed by atoms with Crippen LogP contribution in [0.3, 0.4) is 0 Å². The normalized spacial score (nSPS) is 18.8. The van der Waals surface area contributed by atoms with E-state index >= 15 is 0 Å². The Morgan fingerprint density at radius 1 is 1.21 bits per heavy atom. The van der Waals surface area contributed by atoms with Crippen molar-refractivity contribution in [3.63, 3.8) is 0 Å². The molecule has 4 nitrogen and oxygen atoms in total. The molecule has 19 heavy (non-hydrogen) atoms. The lowest BCUT2D eigenvalue weighted by Gasteiger charge is -2.08. The van der Waals surface area contributed by atoms with Gasteiger partial charge in [0.15, 0.2) is 5.16 Å². The summed E-state index contributed by atoms with van der Waals surface area (Å²) in [6, 6.07) is 2.64. The van der Waals surface area contributed by atoms with Crippen molar-refractivity contribution in [2.24, 2.45) is 0 Å². The van der Waals surface area contributed by atoms with Gasteiger partial charge in [-0.1, -0.05) is 0 Å². The van der Waals surface area contributed by atoms with E-state index in [1.54, 1.807) is 11.8 Å². The molecule has 0 aromatic carbocycles. The highest BCUT2D eigenvalue weighted by atomic mass is 79.9. The molecule has 2 aromatic rings. The number of halogens is 1. The van der Waals surface area contributed by atoms with Crippen LogP contribution in [0.15, 0.2) is 33.0 Å². The van der Waals surface area contributed by atoms with Gasteiger partial charge in [0.05, 0.1) is 0 Å². The maximum Gasteiger partial charge on any atom is 0.196 e. The zero-order valence-electron chi connectivity index (χ0n) is 10.3. The third kappa shape index (κ3) is 2.31. The molecule has 0 bridgehead atoms. The monoisotopic (exact) mass is 336 g/mol. The molecule has 0 atom stereocenters. The number of pyridine rings is 1. The van der Waals surface area contributed by atoms with Gasteiger partial charge in [0.2, 0.25) is 0 Å². The second kappa shape index (κ2) is 4.59. The highest BCUT2D eigenvalue weighted by Crippen LogP contribution is 2.47. The predicted octanol–water partition coefficient (Wildman–Crippen LogP) is 3.80. The van der Waals surface area contributed by atoms with Gasteiger partial charge in [-0.05, 0) is 59.4 Å². The van der Waals surface area contributed by atoms with E-state index in [1.807, 2.05) is 18.5 Å². The van der Waals surface area contributed by atoms with Crippen LogP contribution in [-0.4, -0.2) is 19.7 Å². The SMILES string of the molecule is Brc1cnccc1Sc1nnc(C2CC2)n1C1CC1. The fourth-order valence-corrected chi connectivity index (χ4v) is 3.59. The average molecular weight is 337 g/mol. The fourth-order valence-electron chi connectivity index (χ4n) is 2.20. The Kier molecular flexibility index (Phi) is 2.88. The zero-order chi connectivity index (χ0) is 12.8. The molecule has 4 rings (SSSR count). The predicted molar refractivity (Wildman–Crippen MR) is 76.3 cm³/mol. The van der Waals surface area contributed by atoms with E-state index in [1.165, 1.54) is 31.5 Å². The Bertz CT molecular complexity index is 619. The molecule has 0 aliphatic heterocycles. The van der Waals surface area contributed by atoms with Crippen LogP contribution < -0.4 is 0 Å². The molecule has 2 fully saturated rings. The molecule has 6 heteroatoms. The summed E-state index contributed by atoms with van der Waals surface area (Å²) in [5, 5.41) is 9.86. The van der Waals surface area contributed by atoms with E-state index in [2.05, 4.69) is 35.7 Å². The molecule has 2 aliphatic carbocycles. The Balaban J connectivity index is 1.69. The van der Waals surface area contributed by atoms with Crippen molar-refractivity contribution in [1.82, 2.24) is 19.7 Å². The zero-order valence-corrected chi connectivity index (χ0v) is 12.7. The van der Waals surface area contributed by atoms with Gasteiger partial charge in [-0.25, -0.2) is 0 Å². The number of hydrogen-bond acceptors (Lipinski definition) is 4. The lowest BCUT2D eigenvalue weighted by atomic mass is 10.4. The van der Waals surface area contributed by atoms with Crippen molar-refractivity contribution in [1.29, 1.82) is 0 Å². The van der Waals surface area contributed by atoms with Crippen LogP contribution in [0.4, 0.5) is 0 Å². The third-order valence-electron chi connectivity index (χ3n) is 3.48. The molecular formula is C13H13BrN4S. The summed E-state index contributed by atoms with van der Waals surface area (Å²) in [5.41, 5.74) is 0. The van der Waals surface area contributed by atoms with Crippen LogP contribution in [0.2, 0.25) is 0 Å². The molecule has 0 spiro atoms. The highest BCUT2D eigenvalue weighted by Gasteiger charge is 2.36. The molecule has 0 N–H and O–H groups in total. The maximum atomic E-state index is 4.43. The van der Waals surface area contributed by atoms with Crippen LogP contribution in [-0.2, 0) is 0 Å². The van der Waals surface area contributed by atoms with E-state index in [0.717, 1.165) is 14.5 Å². The second-order valence-electron chi connectivity index (χ2n) is 5.12. The number of hydrogen-bond donors (Lipinski definition) is 0. The first-order chi connectivity index (χ1) is 9.33. The van der Waals surface area contributed by atoms with E-state index < -0.39 is 0 Å². The Labute approximate surface area is 124 Å². The van der Waals surface area contributed by atoms with Gasteiger partial charge >= 0.3 is 0 Å². The molecule has 0 amide bonds. The average Bonchev–Trinajstić information content (AvgIpc) is 3.32. The van der Waals surface area contributed by atoms with Gasteiger partial charge in [-0.15, -0.1) is 10.2 Å². The smallest absolute Gasteiger partial charge is 0.196 e. The van der Waals surface area contributed by atoms with Crippen molar-refractivity contribution in [3.05, 3.63) is 28.8 Å². The minimum atomic E-state index is 0.633. The first-order valence-corrected chi connectivity index (χ1v) is 8.16. The van der Waals surface area contributed by atoms with Gasteiger partial charge in [0.25, 0.3) is 0 Å². The molecule has 2 aromatic heterocycles. The lowest BCUT2D eigenvalue weighted by molar-refractivity contribution is 0.627. The Hall–Kier alpha value is -0.880. The Morgan fingerprint density at radius 3 is 2.74 bits per heavy atom. The van der Waals surface area contributed by atoms with Crippen LogP contribution in [0, 0.1) is 0 Å². The molecule has 0 saturated heterocycles. The largest absolute Gasteiger partial charge is 0.302 e. The van der Waals surface area contributed by atoms with Gasteiger partial charge in [-0.3, -0.25) is 4.98 Å². The van der Waals surface area contributed by atoms with E-state index in [-0.39, 0.29) is 0 Å². The standard InChI is InChI=1S/C13H13BrN4S/c14-10-7-15-6-5-11(10)19-13-17-16-12(8-1-2-8)18(13)9-3-4-9/h5-9H,1-4H2. The summed E-state index contributed by atoms with van der Waals surface area (Å²) in [7, 11) is 0. The minimum Gasteiger partial charge on any atom is -0.302 e. The molecule has 2 heterocycles. The quantitative estimate of drug-likeness (QED) is 0.851. The summed E-state index contributed by atoms with van der Waals surface area (Å²) >= 11 is 5.22. The van der Waals surface area contributed by atoms with Crippen LogP contribution in [0.5, 0.6) is 0 Å². The highest BCUT2D eigenvalue weighted by molar-refractivity contribution is 9.10. The van der Waals surface area contributed by atoms with E-state index in [0.29, 0.717) is 12.0 Å². The molecule has 2 saturated carbocycles. The van der Waals surface area contributed by atoms with Gasteiger partial charge in [0, 0.05) is 33.7 Å². The third-order valence-corrected chi connectivity index (χ3v) is 5.41. The second-order valence-corrected chi connectivity index (χ2v) is 6.99. The van der Waals surface area contributed by atoms with Gasteiger partial charge < -0.3 is 4.57 Å². The van der Waals surface area contributed by atoms with Crippen molar-refractivity contribution < 1.29 is 0 Å². The van der Waals surface area contributed by atoms with Crippen molar-refractivity contribution >= 4 is 27.7 Å². The number of rotatable bonds is 4. The molecule has 2 aliphatic rings. The summed E-state index contributed by atoms with van der Waals surface area (Å²) in [6.45, 7) is 0. The van der Waals surface area contributed by atoms with Crippen molar-refractivity contribution in [2.75, 3.05) is 0 Å². The fraction of sp³-hybridized carbons (Fsp3) is 0.462. The van der Waals surface area contributed by atoms with E-state index in [4.69, 9.17) is 0 Å². The van der Waals surface area contributed by atoms with Crippen LogP contribution >= 0.6 is 27.7 Å². The maximum absolute atomic E-state index is 4.43. The summed E-state index contributed by atoms with van der Waals surface area (Å²) in [4.78, 5) is 5.24. The van der Waals surface area contributed by atoms with E-state index in [9.17, 15) is 0 Å². The Morgan fingerprint density at radius 2 is 2.05 bits per heavy atom. The summed E-state index contributed by atoms with van der Waals surface area (Å²) < 4.78 is 3.38. The summed E-state index contributed by atoms with van der Waals surface area (Å²) in [6.07, 6.45) is 8.71. The van der Waals surface area contributed by atoms with Gasteiger partial charge in [-0.2, -0.15) is 0 Å². The molecule has 98 valence electrons. The lowest BCUT2D eigenvalue weighted by Crippen LogP contribution is -2.01. The van der Waals surface area contributed by atoms with Crippen molar-refractivity contribution in [2.45, 2.75) is 47.7 Å². The number of nitrogens with zero attached hydrogens (tertiary/aromatic N) is 4.